The van der Waals surface area contributed by atoms with E-state index in [0.717, 1.165) is 33.9 Å². The van der Waals surface area contributed by atoms with Crippen LogP contribution >= 0.6 is 11.3 Å². The second-order valence-corrected chi connectivity index (χ2v) is 7.79. The number of rotatable bonds is 8. The predicted molar refractivity (Wildman–Crippen MR) is 129 cm³/mol. The van der Waals surface area contributed by atoms with E-state index in [-0.39, 0.29) is 5.91 Å². The Kier molecular flexibility index (Phi) is 6.94. The van der Waals surface area contributed by atoms with Gasteiger partial charge in [-0.2, -0.15) is 0 Å². The van der Waals surface area contributed by atoms with Crippen LogP contribution in [0.15, 0.2) is 90.3 Å². The van der Waals surface area contributed by atoms with Gasteiger partial charge < -0.3 is 9.47 Å². The van der Waals surface area contributed by atoms with Crippen LogP contribution in [-0.4, -0.2) is 18.0 Å². The van der Waals surface area contributed by atoms with Crippen molar-refractivity contribution in [3.05, 3.63) is 101 Å². The maximum atomic E-state index is 12.3. The van der Waals surface area contributed by atoms with E-state index in [1.165, 1.54) is 17.4 Å². The van der Waals surface area contributed by atoms with Gasteiger partial charge in [0.15, 0.2) is 5.13 Å². The van der Waals surface area contributed by atoms with E-state index in [4.69, 9.17) is 9.47 Å². The SMILES string of the molecule is COc1ccc(-c2csc(NC(=O)/C=C/c3cccc(OCc4ccccc4)c3)n2)cc1. The Balaban J connectivity index is 1.34. The molecular weight excluding hydrogens is 420 g/mol. The largest absolute Gasteiger partial charge is 0.497 e. The fourth-order valence-electron chi connectivity index (χ4n) is 2.99. The summed E-state index contributed by atoms with van der Waals surface area (Å²) in [5, 5.41) is 5.27. The Bertz CT molecular complexity index is 1200. The highest BCUT2D eigenvalue weighted by Crippen LogP contribution is 2.26. The molecule has 160 valence electrons. The fraction of sp³-hybridized carbons (Fsp3) is 0.0769. The quantitative estimate of drug-likeness (QED) is 0.338. The monoisotopic (exact) mass is 442 g/mol. The predicted octanol–water partition coefficient (Wildman–Crippen LogP) is 6.05. The molecule has 4 rings (SSSR count). The van der Waals surface area contributed by atoms with Crippen LogP contribution in [0, 0.1) is 0 Å². The third-order valence-electron chi connectivity index (χ3n) is 4.65. The highest BCUT2D eigenvalue weighted by molar-refractivity contribution is 7.14. The smallest absolute Gasteiger partial charge is 0.250 e. The summed E-state index contributed by atoms with van der Waals surface area (Å²) in [5.74, 6) is 1.30. The van der Waals surface area contributed by atoms with Crippen molar-refractivity contribution in [2.75, 3.05) is 12.4 Å². The maximum Gasteiger partial charge on any atom is 0.250 e. The molecule has 3 aromatic carbocycles. The van der Waals surface area contributed by atoms with Crippen molar-refractivity contribution in [2.45, 2.75) is 6.61 Å². The number of hydrogen-bond donors (Lipinski definition) is 1. The average Bonchev–Trinajstić information content (AvgIpc) is 3.31. The minimum atomic E-state index is -0.240. The van der Waals surface area contributed by atoms with Gasteiger partial charge in [-0.15, -0.1) is 11.3 Å². The number of carbonyl (C=O) groups excluding carboxylic acids is 1. The molecule has 0 spiro atoms. The van der Waals surface area contributed by atoms with Gasteiger partial charge in [0, 0.05) is 17.0 Å². The molecule has 1 amide bonds. The van der Waals surface area contributed by atoms with Gasteiger partial charge in [-0.3, -0.25) is 10.1 Å². The lowest BCUT2D eigenvalue weighted by atomic mass is 10.2. The molecule has 0 fully saturated rings. The zero-order valence-electron chi connectivity index (χ0n) is 17.5. The second-order valence-electron chi connectivity index (χ2n) is 6.94. The van der Waals surface area contributed by atoms with Crippen molar-refractivity contribution < 1.29 is 14.3 Å². The van der Waals surface area contributed by atoms with Gasteiger partial charge >= 0.3 is 0 Å². The van der Waals surface area contributed by atoms with E-state index in [9.17, 15) is 4.79 Å². The Hall–Kier alpha value is -3.90. The average molecular weight is 443 g/mol. The number of aromatic nitrogens is 1. The molecule has 0 aliphatic heterocycles. The Morgan fingerprint density at radius 1 is 1.00 bits per heavy atom. The van der Waals surface area contributed by atoms with Gasteiger partial charge in [-0.1, -0.05) is 42.5 Å². The lowest BCUT2D eigenvalue weighted by molar-refractivity contribution is -0.111. The van der Waals surface area contributed by atoms with Crippen molar-refractivity contribution in [2.24, 2.45) is 0 Å². The Labute approximate surface area is 191 Å². The first kappa shape index (κ1) is 21.3. The normalized spacial score (nSPS) is 10.8. The molecule has 0 aliphatic carbocycles. The first-order chi connectivity index (χ1) is 15.7. The molecule has 4 aromatic rings. The van der Waals surface area contributed by atoms with Gasteiger partial charge in [0.1, 0.15) is 18.1 Å². The molecule has 5 nitrogen and oxygen atoms in total. The molecule has 0 aliphatic rings. The minimum Gasteiger partial charge on any atom is -0.497 e. The topological polar surface area (TPSA) is 60.5 Å². The first-order valence-electron chi connectivity index (χ1n) is 10.1. The first-order valence-corrected chi connectivity index (χ1v) is 10.9. The van der Waals surface area contributed by atoms with Crippen molar-refractivity contribution in [1.29, 1.82) is 0 Å². The summed E-state index contributed by atoms with van der Waals surface area (Å²) in [6.45, 7) is 0.495. The van der Waals surface area contributed by atoms with Gasteiger partial charge in [0.2, 0.25) is 5.91 Å². The zero-order valence-corrected chi connectivity index (χ0v) is 18.3. The van der Waals surface area contributed by atoms with Gasteiger partial charge in [-0.25, -0.2) is 4.98 Å². The lowest BCUT2D eigenvalue weighted by Crippen LogP contribution is -2.07. The standard InChI is InChI=1S/C26H22N2O3S/c1-30-22-13-11-21(12-14-22)24-18-32-26(27-24)28-25(29)15-10-19-8-5-9-23(16-19)31-17-20-6-3-2-4-7-20/h2-16,18H,17H2,1H3,(H,27,28,29)/b15-10+. The maximum absolute atomic E-state index is 12.3. The summed E-state index contributed by atoms with van der Waals surface area (Å²) >= 11 is 1.38. The molecule has 0 saturated carbocycles. The van der Waals surface area contributed by atoms with Crippen molar-refractivity contribution >= 4 is 28.5 Å². The minimum absolute atomic E-state index is 0.240. The molecule has 1 heterocycles. The Morgan fingerprint density at radius 3 is 2.59 bits per heavy atom. The summed E-state index contributed by atoms with van der Waals surface area (Å²) in [6, 6.07) is 25.3. The summed E-state index contributed by atoms with van der Waals surface area (Å²) in [4.78, 5) is 16.8. The fourth-order valence-corrected chi connectivity index (χ4v) is 3.72. The van der Waals surface area contributed by atoms with Crippen LogP contribution in [0.3, 0.4) is 0 Å². The lowest BCUT2D eigenvalue weighted by Gasteiger charge is -2.06. The summed E-state index contributed by atoms with van der Waals surface area (Å²) in [5.41, 5.74) is 3.75. The molecule has 0 radical (unpaired) electrons. The molecular formula is C26H22N2O3S. The number of ether oxygens (including phenoxy) is 2. The molecule has 1 aromatic heterocycles. The molecule has 32 heavy (non-hydrogen) atoms. The van der Waals surface area contributed by atoms with Gasteiger partial charge in [-0.05, 0) is 53.6 Å². The number of hydrogen-bond acceptors (Lipinski definition) is 5. The molecule has 0 saturated heterocycles. The third-order valence-corrected chi connectivity index (χ3v) is 5.41. The highest BCUT2D eigenvalue weighted by atomic mass is 32.1. The van der Waals surface area contributed by atoms with Gasteiger partial charge in [0.25, 0.3) is 0 Å². The van der Waals surface area contributed by atoms with Crippen molar-refractivity contribution in [3.63, 3.8) is 0 Å². The van der Waals surface area contributed by atoms with Crippen LogP contribution in [-0.2, 0) is 11.4 Å². The molecule has 0 atom stereocenters. The Morgan fingerprint density at radius 2 is 1.81 bits per heavy atom. The molecule has 0 unspecified atom stereocenters. The highest BCUT2D eigenvalue weighted by Gasteiger charge is 2.07. The third kappa shape index (κ3) is 5.83. The van der Waals surface area contributed by atoms with Crippen LogP contribution in [0.1, 0.15) is 11.1 Å². The van der Waals surface area contributed by atoms with Crippen LogP contribution < -0.4 is 14.8 Å². The number of amides is 1. The van der Waals surface area contributed by atoms with Crippen molar-refractivity contribution in [1.82, 2.24) is 4.98 Å². The number of thiazole rings is 1. The number of carbonyl (C=O) groups is 1. The second kappa shape index (κ2) is 10.4. The molecule has 1 N–H and O–H groups in total. The number of nitrogens with zero attached hydrogens (tertiary/aromatic N) is 1. The van der Waals surface area contributed by atoms with E-state index < -0.39 is 0 Å². The number of nitrogens with one attached hydrogen (secondary N) is 1. The van der Waals surface area contributed by atoms with Crippen LogP contribution in [0.25, 0.3) is 17.3 Å². The summed E-state index contributed by atoms with van der Waals surface area (Å²) in [6.07, 6.45) is 3.24. The van der Waals surface area contributed by atoms with Gasteiger partial charge in [0.05, 0.1) is 12.8 Å². The number of anilines is 1. The van der Waals surface area contributed by atoms with E-state index in [2.05, 4.69) is 10.3 Å². The van der Waals surface area contributed by atoms with Crippen LogP contribution in [0.5, 0.6) is 11.5 Å². The summed E-state index contributed by atoms with van der Waals surface area (Å²) in [7, 11) is 1.63. The van der Waals surface area contributed by atoms with Crippen molar-refractivity contribution in [3.8, 4) is 22.8 Å². The van der Waals surface area contributed by atoms with E-state index in [1.54, 1.807) is 13.2 Å². The van der Waals surface area contributed by atoms with E-state index >= 15 is 0 Å². The van der Waals surface area contributed by atoms with E-state index in [0.29, 0.717) is 11.7 Å². The summed E-state index contributed by atoms with van der Waals surface area (Å²) < 4.78 is 11.0. The zero-order chi connectivity index (χ0) is 22.2. The molecule has 6 heteroatoms. The van der Waals surface area contributed by atoms with E-state index in [1.807, 2.05) is 84.2 Å². The van der Waals surface area contributed by atoms with Crippen LogP contribution in [0.4, 0.5) is 5.13 Å². The number of benzene rings is 3. The molecule has 0 bridgehead atoms. The van der Waals surface area contributed by atoms with Crippen LogP contribution in [0.2, 0.25) is 0 Å². The number of methoxy groups -OCH3 is 1.